The van der Waals surface area contributed by atoms with E-state index >= 15 is 0 Å². The van der Waals surface area contributed by atoms with Crippen molar-refractivity contribution in [1.82, 2.24) is 14.7 Å². The van der Waals surface area contributed by atoms with Crippen molar-refractivity contribution in [1.29, 1.82) is 0 Å². The standard InChI is InChI=1S/C17H26FN3O/c1-19-8-10-21(11-9-19)16-12-20(13-17(16)22)7-6-14-2-4-15(18)5-3-14/h2-5,16-17,22H,6-13H2,1H3/t16-,17-/m0/s1. The molecule has 3 rings (SSSR count). The molecule has 0 amide bonds. The number of aliphatic hydroxyl groups excluding tert-OH is 1. The van der Waals surface area contributed by atoms with E-state index in [1.807, 2.05) is 12.1 Å². The van der Waals surface area contributed by atoms with Gasteiger partial charge in [-0.1, -0.05) is 12.1 Å². The van der Waals surface area contributed by atoms with Gasteiger partial charge >= 0.3 is 0 Å². The van der Waals surface area contributed by atoms with Crippen molar-refractivity contribution in [2.24, 2.45) is 0 Å². The van der Waals surface area contributed by atoms with Gasteiger partial charge in [0.1, 0.15) is 5.82 Å². The summed E-state index contributed by atoms with van der Waals surface area (Å²) >= 11 is 0. The van der Waals surface area contributed by atoms with Crippen molar-refractivity contribution >= 4 is 0 Å². The molecule has 0 aliphatic carbocycles. The Morgan fingerprint density at radius 1 is 1.09 bits per heavy atom. The zero-order valence-electron chi connectivity index (χ0n) is 13.3. The zero-order chi connectivity index (χ0) is 15.5. The van der Waals surface area contributed by atoms with Crippen LogP contribution in [0.4, 0.5) is 4.39 Å². The number of hydrogen-bond donors (Lipinski definition) is 1. The van der Waals surface area contributed by atoms with Crippen LogP contribution in [-0.4, -0.2) is 84.8 Å². The van der Waals surface area contributed by atoms with Gasteiger partial charge in [0.15, 0.2) is 0 Å². The van der Waals surface area contributed by atoms with Crippen molar-refractivity contribution in [2.45, 2.75) is 18.6 Å². The number of nitrogens with zero attached hydrogens (tertiary/aromatic N) is 3. The normalized spacial score (nSPS) is 28.3. The zero-order valence-corrected chi connectivity index (χ0v) is 13.3. The van der Waals surface area contributed by atoms with Gasteiger partial charge in [-0.3, -0.25) is 9.80 Å². The second kappa shape index (κ2) is 7.04. The summed E-state index contributed by atoms with van der Waals surface area (Å²) in [7, 11) is 2.15. The fourth-order valence-corrected chi connectivity index (χ4v) is 3.48. The molecule has 22 heavy (non-hydrogen) atoms. The van der Waals surface area contributed by atoms with Crippen LogP contribution in [0.2, 0.25) is 0 Å². The van der Waals surface area contributed by atoms with Gasteiger partial charge in [-0.15, -0.1) is 0 Å². The van der Waals surface area contributed by atoms with Crippen molar-refractivity contribution in [3.63, 3.8) is 0 Å². The summed E-state index contributed by atoms with van der Waals surface area (Å²) in [4.78, 5) is 7.10. The number of aliphatic hydroxyl groups is 1. The van der Waals surface area contributed by atoms with Crippen LogP contribution < -0.4 is 0 Å². The Kier molecular flexibility index (Phi) is 5.08. The number of likely N-dealkylation sites (N-methyl/N-ethyl adjacent to an activating group) is 1. The minimum Gasteiger partial charge on any atom is -0.390 e. The lowest BCUT2D eigenvalue weighted by atomic mass is 10.1. The molecule has 0 spiro atoms. The minimum absolute atomic E-state index is 0.185. The molecule has 0 radical (unpaired) electrons. The number of likely N-dealkylation sites (tertiary alicyclic amines) is 1. The Balaban J connectivity index is 1.49. The number of hydrogen-bond acceptors (Lipinski definition) is 4. The van der Waals surface area contributed by atoms with Gasteiger partial charge in [-0.2, -0.15) is 0 Å². The molecule has 0 saturated carbocycles. The highest BCUT2D eigenvalue weighted by molar-refractivity contribution is 5.16. The molecule has 2 heterocycles. The van der Waals surface area contributed by atoms with Crippen LogP contribution >= 0.6 is 0 Å². The molecule has 122 valence electrons. The molecule has 4 nitrogen and oxygen atoms in total. The Labute approximate surface area is 132 Å². The molecule has 2 atom stereocenters. The van der Waals surface area contributed by atoms with E-state index in [0.29, 0.717) is 0 Å². The van der Waals surface area contributed by atoms with E-state index in [2.05, 4.69) is 21.7 Å². The molecule has 1 N–H and O–H groups in total. The lowest BCUT2D eigenvalue weighted by Crippen LogP contribution is -2.52. The predicted octanol–water partition coefficient (Wildman–Crippen LogP) is 0.661. The van der Waals surface area contributed by atoms with Crippen LogP contribution in [0.5, 0.6) is 0 Å². The third kappa shape index (κ3) is 3.84. The maximum atomic E-state index is 12.9. The molecular formula is C17H26FN3O. The van der Waals surface area contributed by atoms with Gasteiger partial charge in [-0.25, -0.2) is 4.39 Å². The molecule has 1 aromatic carbocycles. The van der Waals surface area contributed by atoms with Gasteiger partial charge in [0.2, 0.25) is 0 Å². The van der Waals surface area contributed by atoms with E-state index in [1.165, 1.54) is 12.1 Å². The monoisotopic (exact) mass is 307 g/mol. The van der Waals surface area contributed by atoms with Crippen molar-refractivity contribution < 1.29 is 9.50 Å². The van der Waals surface area contributed by atoms with E-state index in [-0.39, 0.29) is 18.0 Å². The number of benzene rings is 1. The van der Waals surface area contributed by atoms with Crippen LogP contribution in [0, 0.1) is 5.82 Å². The SMILES string of the molecule is CN1CCN([C@H]2CN(CCc3ccc(F)cc3)C[C@@H]2O)CC1. The molecule has 1 aromatic rings. The van der Waals surface area contributed by atoms with E-state index in [9.17, 15) is 9.50 Å². The van der Waals surface area contributed by atoms with Crippen LogP contribution in [0.1, 0.15) is 5.56 Å². The second-order valence-corrected chi connectivity index (χ2v) is 6.61. The molecule has 2 saturated heterocycles. The van der Waals surface area contributed by atoms with Gasteiger partial charge in [0.05, 0.1) is 6.10 Å². The first-order chi connectivity index (χ1) is 10.6. The summed E-state index contributed by atoms with van der Waals surface area (Å²) in [6.07, 6.45) is 0.652. The molecule has 2 fully saturated rings. The molecule has 5 heteroatoms. The average molecular weight is 307 g/mol. The van der Waals surface area contributed by atoms with Crippen molar-refractivity contribution in [3.05, 3.63) is 35.6 Å². The molecule has 0 unspecified atom stereocenters. The van der Waals surface area contributed by atoms with Crippen LogP contribution in [-0.2, 0) is 6.42 Å². The van der Waals surface area contributed by atoms with Crippen LogP contribution in [0.3, 0.4) is 0 Å². The highest BCUT2D eigenvalue weighted by atomic mass is 19.1. The average Bonchev–Trinajstić information content (AvgIpc) is 2.89. The highest BCUT2D eigenvalue weighted by Crippen LogP contribution is 2.18. The first kappa shape index (κ1) is 15.9. The first-order valence-corrected chi connectivity index (χ1v) is 8.19. The summed E-state index contributed by atoms with van der Waals surface area (Å²) in [5.41, 5.74) is 1.15. The Bertz CT molecular complexity index is 473. The van der Waals surface area contributed by atoms with E-state index in [4.69, 9.17) is 0 Å². The Morgan fingerprint density at radius 3 is 2.45 bits per heavy atom. The van der Waals surface area contributed by atoms with E-state index in [1.54, 1.807) is 0 Å². The molecular weight excluding hydrogens is 281 g/mol. The number of halogens is 1. The van der Waals surface area contributed by atoms with Crippen LogP contribution in [0.15, 0.2) is 24.3 Å². The van der Waals surface area contributed by atoms with Gasteiger partial charge in [0, 0.05) is 51.9 Å². The smallest absolute Gasteiger partial charge is 0.123 e. The lowest BCUT2D eigenvalue weighted by Gasteiger charge is -2.37. The molecule has 0 aromatic heterocycles. The quantitative estimate of drug-likeness (QED) is 0.885. The third-order valence-electron chi connectivity index (χ3n) is 4.97. The summed E-state index contributed by atoms with van der Waals surface area (Å²) in [5.74, 6) is -0.185. The molecule has 2 aliphatic rings. The Morgan fingerprint density at radius 2 is 1.77 bits per heavy atom. The van der Waals surface area contributed by atoms with Crippen molar-refractivity contribution in [2.75, 3.05) is 52.9 Å². The fraction of sp³-hybridized carbons (Fsp3) is 0.647. The van der Waals surface area contributed by atoms with E-state index < -0.39 is 0 Å². The molecule has 2 aliphatic heterocycles. The predicted molar refractivity (Wildman–Crippen MR) is 85.4 cm³/mol. The summed E-state index contributed by atoms with van der Waals surface area (Å²) in [6, 6.07) is 6.99. The number of piperazine rings is 1. The summed E-state index contributed by atoms with van der Waals surface area (Å²) in [6.45, 7) is 6.86. The van der Waals surface area contributed by atoms with E-state index in [0.717, 1.165) is 57.8 Å². The number of β-amino-alcohol motifs (C(OH)–C–C–N with tert-alkyl or cyclic N) is 1. The first-order valence-electron chi connectivity index (χ1n) is 8.19. The van der Waals surface area contributed by atoms with Crippen LogP contribution in [0.25, 0.3) is 0 Å². The summed E-state index contributed by atoms with van der Waals surface area (Å²) in [5, 5.41) is 10.4. The third-order valence-corrected chi connectivity index (χ3v) is 4.97. The molecule has 0 bridgehead atoms. The summed E-state index contributed by atoms with van der Waals surface area (Å²) < 4.78 is 12.9. The van der Waals surface area contributed by atoms with Gasteiger partial charge in [0.25, 0.3) is 0 Å². The minimum atomic E-state index is -0.253. The lowest BCUT2D eigenvalue weighted by molar-refractivity contribution is 0.0512. The maximum absolute atomic E-state index is 12.9. The van der Waals surface area contributed by atoms with Gasteiger partial charge in [-0.05, 0) is 31.2 Å². The van der Waals surface area contributed by atoms with Gasteiger partial charge < -0.3 is 10.0 Å². The number of rotatable bonds is 4. The largest absolute Gasteiger partial charge is 0.390 e. The fourth-order valence-electron chi connectivity index (χ4n) is 3.48. The maximum Gasteiger partial charge on any atom is 0.123 e. The van der Waals surface area contributed by atoms with Crippen molar-refractivity contribution in [3.8, 4) is 0 Å². The highest BCUT2D eigenvalue weighted by Gasteiger charge is 2.35. The Hall–Kier alpha value is -1.01. The topological polar surface area (TPSA) is 30.0 Å². The second-order valence-electron chi connectivity index (χ2n) is 6.61.